The number of rotatable bonds is 7. The lowest BCUT2D eigenvalue weighted by Crippen LogP contribution is -2.17. The molecule has 0 radical (unpaired) electrons. The van der Waals surface area contributed by atoms with E-state index in [2.05, 4.69) is 15.5 Å². The highest BCUT2D eigenvalue weighted by molar-refractivity contribution is 7.17. The summed E-state index contributed by atoms with van der Waals surface area (Å²) in [7, 11) is 1.58. The first kappa shape index (κ1) is 17.7. The number of nitrogens with two attached hydrogens (primary N) is 1. The number of nitrogen functional groups attached to an aromatic ring is 1. The number of aromatic nitrogens is 1. The second-order valence-corrected chi connectivity index (χ2v) is 5.96. The summed E-state index contributed by atoms with van der Waals surface area (Å²) in [5.41, 5.74) is 9.40. The number of ether oxygens (including phenoxy) is 2. The molecule has 0 fully saturated rings. The van der Waals surface area contributed by atoms with Crippen LogP contribution in [0.4, 0.5) is 5.13 Å². The van der Waals surface area contributed by atoms with E-state index < -0.39 is 0 Å². The van der Waals surface area contributed by atoms with Gasteiger partial charge >= 0.3 is 0 Å². The Morgan fingerprint density at radius 3 is 2.88 bits per heavy atom. The van der Waals surface area contributed by atoms with Gasteiger partial charge < -0.3 is 15.2 Å². The number of hydrogen-bond acceptors (Lipinski definition) is 7. The number of aryl methyl sites for hydroxylation is 1. The van der Waals surface area contributed by atoms with Crippen LogP contribution in [0.2, 0.25) is 0 Å². The average Bonchev–Trinajstić information content (AvgIpc) is 2.91. The zero-order chi connectivity index (χ0) is 17.5. The SMILES string of the molecule is CCCOc1ccc(/C=N\NC(=O)c2sc(N)nc2C)cc1OC. The summed E-state index contributed by atoms with van der Waals surface area (Å²) in [6.07, 6.45) is 2.45. The van der Waals surface area contributed by atoms with E-state index >= 15 is 0 Å². The first-order valence-electron chi connectivity index (χ1n) is 7.42. The van der Waals surface area contributed by atoms with E-state index in [0.717, 1.165) is 23.3 Å². The fraction of sp³-hybridized carbons (Fsp3) is 0.312. The fourth-order valence-electron chi connectivity index (χ4n) is 1.94. The van der Waals surface area contributed by atoms with Crippen molar-refractivity contribution < 1.29 is 14.3 Å². The van der Waals surface area contributed by atoms with Crippen LogP contribution in [-0.2, 0) is 0 Å². The van der Waals surface area contributed by atoms with Gasteiger partial charge in [0.2, 0.25) is 0 Å². The molecule has 2 rings (SSSR count). The molecule has 128 valence electrons. The monoisotopic (exact) mass is 348 g/mol. The second kappa shape index (κ2) is 8.30. The van der Waals surface area contributed by atoms with E-state index in [1.807, 2.05) is 19.1 Å². The summed E-state index contributed by atoms with van der Waals surface area (Å²) < 4.78 is 10.9. The van der Waals surface area contributed by atoms with Crippen molar-refractivity contribution in [2.24, 2.45) is 5.10 Å². The molecular formula is C16H20N4O3S. The zero-order valence-electron chi connectivity index (χ0n) is 13.8. The van der Waals surface area contributed by atoms with Crippen molar-refractivity contribution in [1.82, 2.24) is 10.4 Å². The van der Waals surface area contributed by atoms with Gasteiger partial charge in [-0.3, -0.25) is 4.79 Å². The minimum atomic E-state index is -0.340. The number of thiazole rings is 1. The first-order chi connectivity index (χ1) is 11.5. The van der Waals surface area contributed by atoms with E-state index in [1.165, 1.54) is 6.21 Å². The molecule has 1 aromatic heterocycles. The molecule has 3 N–H and O–H groups in total. The Hall–Kier alpha value is -2.61. The van der Waals surface area contributed by atoms with Crippen LogP contribution in [0.1, 0.15) is 34.3 Å². The van der Waals surface area contributed by atoms with Gasteiger partial charge in [-0.25, -0.2) is 10.4 Å². The number of methoxy groups -OCH3 is 1. The van der Waals surface area contributed by atoms with E-state index in [-0.39, 0.29) is 5.91 Å². The number of anilines is 1. The molecule has 2 aromatic rings. The molecular weight excluding hydrogens is 328 g/mol. The Morgan fingerprint density at radius 2 is 2.25 bits per heavy atom. The Morgan fingerprint density at radius 1 is 1.46 bits per heavy atom. The number of hydrazone groups is 1. The highest BCUT2D eigenvalue weighted by Gasteiger charge is 2.13. The van der Waals surface area contributed by atoms with Crippen molar-refractivity contribution in [3.8, 4) is 11.5 Å². The topological polar surface area (TPSA) is 98.8 Å². The van der Waals surface area contributed by atoms with Crippen molar-refractivity contribution >= 4 is 28.6 Å². The lowest BCUT2D eigenvalue weighted by Gasteiger charge is -2.10. The van der Waals surface area contributed by atoms with Crippen LogP contribution in [0, 0.1) is 6.92 Å². The largest absolute Gasteiger partial charge is 0.493 e. The van der Waals surface area contributed by atoms with Gasteiger partial charge in [0.05, 0.1) is 25.6 Å². The smallest absolute Gasteiger partial charge is 0.283 e. The van der Waals surface area contributed by atoms with Crippen molar-refractivity contribution in [3.63, 3.8) is 0 Å². The summed E-state index contributed by atoms with van der Waals surface area (Å²) in [6.45, 7) is 4.39. The molecule has 0 atom stereocenters. The van der Waals surface area contributed by atoms with Gasteiger partial charge in [-0.15, -0.1) is 0 Å². The van der Waals surface area contributed by atoms with Gasteiger partial charge in [0.25, 0.3) is 5.91 Å². The number of nitrogens with one attached hydrogen (secondary N) is 1. The van der Waals surface area contributed by atoms with E-state index in [1.54, 1.807) is 20.1 Å². The Bertz CT molecular complexity index is 743. The van der Waals surface area contributed by atoms with Crippen LogP contribution in [-0.4, -0.2) is 30.8 Å². The highest BCUT2D eigenvalue weighted by atomic mass is 32.1. The molecule has 7 nitrogen and oxygen atoms in total. The standard InChI is InChI=1S/C16H20N4O3S/c1-4-7-23-12-6-5-11(8-13(12)22-3)9-18-20-15(21)14-10(2)19-16(17)24-14/h5-6,8-9H,4,7H2,1-3H3,(H2,17,19)(H,20,21)/b18-9-. The van der Waals surface area contributed by atoms with Crippen molar-refractivity contribution in [1.29, 1.82) is 0 Å². The third kappa shape index (κ3) is 4.45. The molecule has 0 unspecified atom stereocenters. The highest BCUT2D eigenvalue weighted by Crippen LogP contribution is 2.27. The molecule has 0 aliphatic carbocycles. The van der Waals surface area contributed by atoms with E-state index in [4.69, 9.17) is 15.2 Å². The maximum Gasteiger partial charge on any atom is 0.283 e. The van der Waals surface area contributed by atoms with Gasteiger partial charge in [-0.2, -0.15) is 5.10 Å². The van der Waals surface area contributed by atoms with Crippen molar-refractivity contribution in [2.45, 2.75) is 20.3 Å². The summed E-state index contributed by atoms with van der Waals surface area (Å²) in [4.78, 5) is 16.5. The molecule has 0 spiro atoms. The van der Waals surface area contributed by atoms with Gasteiger partial charge in [-0.1, -0.05) is 18.3 Å². The van der Waals surface area contributed by atoms with Gasteiger partial charge in [0, 0.05) is 0 Å². The van der Waals surface area contributed by atoms with Gasteiger partial charge in [-0.05, 0) is 37.1 Å². The molecule has 1 amide bonds. The summed E-state index contributed by atoms with van der Waals surface area (Å²) in [5, 5.41) is 4.31. The van der Waals surface area contributed by atoms with Crippen LogP contribution in [0.25, 0.3) is 0 Å². The molecule has 0 saturated carbocycles. The second-order valence-electron chi connectivity index (χ2n) is 4.92. The molecule has 0 aliphatic heterocycles. The number of benzene rings is 1. The lowest BCUT2D eigenvalue weighted by atomic mass is 10.2. The quantitative estimate of drug-likeness (QED) is 0.592. The molecule has 8 heteroatoms. The average molecular weight is 348 g/mol. The summed E-state index contributed by atoms with van der Waals surface area (Å²) in [5.74, 6) is 0.953. The maximum absolute atomic E-state index is 12.0. The van der Waals surface area contributed by atoms with Gasteiger partial charge in [0.15, 0.2) is 16.6 Å². The zero-order valence-corrected chi connectivity index (χ0v) is 14.6. The normalized spacial score (nSPS) is 10.8. The van der Waals surface area contributed by atoms with E-state index in [9.17, 15) is 4.79 Å². The lowest BCUT2D eigenvalue weighted by molar-refractivity contribution is 0.0958. The number of hydrogen-bond donors (Lipinski definition) is 2. The predicted molar refractivity (Wildman–Crippen MR) is 95.1 cm³/mol. The Kier molecular flexibility index (Phi) is 6.14. The van der Waals surface area contributed by atoms with Crippen LogP contribution >= 0.6 is 11.3 Å². The Labute approximate surface area is 144 Å². The number of amides is 1. The summed E-state index contributed by atoms with van der Waals surface area (Å²) in [6, 6.07) is 5.43. The number of carbonyl (C=O) groups is 1. The molecule has 24 heavy (non-hydrogen) atoms. The van der Waals surface area contributed by atoms with E-state index in [0.29, 0.717) is 33.8 Å². The first-order valence-corrected chi connectivity index (χ1v) is 8.24. The molecule has 1 heterocycles. The number of nitrogens with zero attached hydrogens (tertiary/aromatic N) is 2. The fourth-order valence-corrected chi connectivity index (χ4v) is 2.66. The molecule has 0 bridgehead atoms. The third-order valence-corrected chi connectivity index (χ3v) is 4.03. The number of carbonyl (C=O) groups excluding carboxylic acids is 1. The third-order valence-electron chi connectivity index (χ3n) is 3.05. The van der Waals surface area contributed by atoms with Crippen LogP contribution < -0.4 is 20.6 Å². The van der Waals surface area contributed by atoms with Crippen LogP contribution in [0.3, 0.4) is 0 Å². The van der Waals surface area contributed by atoms with Gasteiger partial charge in [0.1, 0.15) is 4.88 Å². The molecule has 1 aromatic carbocycles. The van der Waals surface area contributed by atoms with Crippen molar-refractivity contribution in [3.05, 3.63) is 34.3 Å². The molecule has 0 aliphatic rings. The summed E-state index contributed by atoms with van der Waals surface area (Å²) >= 11 is 1.13. The van der Waals surface area contributed by atoms with Crippen molar-refractivity contribution in [2.75, 3.05) is 19.5 Å². The van der Waals surface area contributed by atoms with Crippen LogP contribution in [0.15, 0.2) is 23.3 Å². The molecule has 0 saturated heterocycles. The minimum Gasteiger partial charge on any atom is -0.493 e. The minimum absolute atomic E-state index is 0.340. The van der Waals surface area contributed by atoms with Crippen LogP contribution in [0.5, 0.6) is 11.5 Å². The predicted octanol–water partition coefficient (Wildman–Crippen LogP) is 2.60. The Balaban J connectivity index is 2.03. The maximum atomic E-state index is 12.0.